The highest BCUT2D eigenvalue weighted by Crippen LogP contribution is 2.38. The number of nitrogens with one attached hydrogen (secondary N) is 1. The maximum Gasteiger partial charge on any atom is 0.410 e. The van der Waals surface area contributed by atoms with E-state index in [9.17, 15) is 20.0 Å². The summed E-state index contributed by atoms with van der Waals surface area (Å²) in [5.41, 5.74) is 1.92. The zero-order chi connectivity index (χ0) is 23.1. The van der Waals surface area contributed by atoms with Crippen molar-refractivity contribution in [1.29, 1.82) is 5.26 Å². The van der Waals surface area contributed by atoms with E-state index in [0.717, 1.165) is 10.4 Å². The van der Waals surface area contributed by atoms with Crippen LogP contribution in [0.2, 0.25) is 0 Å². The first-order chi connectivity index (χ1) is 15.4. The van der Waals surface area contributed by atoms with Gasteiger partial charge in [-0.15, -0.1) is 11.3 Å². The molecule has 2 N–H and O–H groups in total. The number of amides is 2. The maximum atomic E-state index is 12.4. The number of rotatable bonds is 6. The first kappa shape index (κ1) is 23.4. The van der Waals surface area contributed by atoms with Crippen LogP contribution in [0, 0.1) is 11.3 Å². The maximum absolute atomic E-state index is 12.4. The molecule has 0 radical (unpaired) electrons. The Labute approximate surface area is 191 Å². The molecule has 0 saturated carbocycles. The molecule has 1 fully saturated rings. The lowest BCUT2D eigenvalue weighted by Crippen LogP contribution is -2.42. The summed E-state index contributed by atoms with van der Waals surface area (Å²) in [7, 11) is 0. The van der Waals surface area contributed by atoms with Gasteiger partial charge in [-0.1, -0.05) is 13.2 Å². The molecule has 2 heterocycles. The van der Waals surface area contributed by atoms with Gasteiger partial charge in [0.1, 0.15) is 17.2 Å². The van der Waals surface area contributed by atoms with Crippen LogP contribution < -0.4 is 5.32 Å². The Balaban J connectivity index is 1.62. The molecule has 9 heteroatoms. The van der Waals surface area contributed by atoms with Gasteiger partial charge in [-0.05, 0) is 42.9 Å². The number of anilines is 1. The second-order valence-electron chi connectivity index (χ2n) is 7.64. The molecular weight excluding hydrogens is 428 g/mol. The van der Waals surface area contributed by atoms with Gasteiger partial charge in [0.25, 0.3) is 0 Å². The lowest BCUT2D eigenvalue weighted by molar-refractivity contribution is -0.111. The number of carbonyl (C=O) groups excluding carboxylic acids is 2. The molecule has 0 bridgehead atoms. The van der Waals surface area contributed by atoms with Crippen molar-refractivity contribution in [3.63, 3.8) is 0 Å². The van der Waals surface area contributed by atoms with Crippen LogP contribution in [0.15, 0.2) is 42.1 Å². The number of thiophene rings is 1. The molecule has 1 atom stereocenters. The number of hydrogen-bond donors (Lipinski definition) is 2. The average Bonchev–Trinajstić information content (AvgIpc) is 3.12. The summed E-state index contributed by atoms with van der Waals surface area (Å²) >= 11 is 1.34. The van der Waals surface area contributed by atoms with E-state index in [1.165, 1.54) is 35.9 Å². The first-order valence-corrected chi connectivity index (χ1v) is 11.2. The van der Waals surface area contributed by atoms with Gasteiger partial charge >= 0.3 is 6.09 Å². The number of fused-ring (bicyclic) bond motifs is 1. The molecule has 1 unspecified atom stereocenters. The Morgan fingerprint density at radius 3 is 2.75 bits per heavy atom. The largest absolute Gasteiger partial charge is 0.446 e. The summed E-state index contributed by atoms with van der Waals surface area (Å²) in [6.45, 7) is 8.21. The third-order valence-electron chi connectivity index (χ3n) is 5.35. The highest BCUT2D eigenvalue weighted by molar-refractivity contribution is 7.16. The van der Waals surface area contributed by atoms with Crippen molar-refractivity contribution < 1.29 is 19.4 Å². The Morgan fingerprint density at radius 2 is 2.06 bits per heavy atom. The molecule has 2 aliphatic rings. The van der Waals surface area contributed by atoms with E-state index in [1.54, 1.807) is 4.90 Å². The second-order valence-corrected chi connectivity index (χ2v) is 8.75. The molecule has 168 valence electrons. The number of nitrogens with zero attached hydrogens (tertiary/aromatic N) is 3. The van der Waals surface area contributed by atoms with E-state index in [-0.39, 0.29) is 24.2 Å². The number of likely N-dealkylation sites (tertiary alicyclic amines) is 1. The molecule has 0 spiro atoms. The molecule has 1 saturated heterocycles. The van der Waals surface area contributed by atoms with Crippen LogP contribution in [-0.2, 0) is 22.4 Å². The van der Waals surface area contributed by atoms with Crippen LogP contribution in [0.1, 0.15) is 35.3 Å². The predicted octanol–water partition coefficient (Wildman–Crippen LogP) is 3.34. The van der Waals surface area contributed by atoms with E-state index >= 15 is 0 Å². The Hall–Kier alpha value is -3.22. The van der Waals surface area contributed by atoms with E-state index in [4.69, 9.17) is 4.74 Å². The minimum atomic E-state index is -0.372. The fourth-order valence-electron chi connectivity index (χ4n) is 3.66. The number of carbonyl (C=O) groups is 2. The van der Waals surface area contributed by atoms with Crippen molar-refractivity contribution in [1.82, 2.24) is 4.90 Å². The first-order valence-electron chi connectivity index (χ1n) is 10.4. The van der Waals surface area contributed by atoms with Gasteiger partial charge in [0.15, 0.2) is 0 Å². The van der Waals surface area contributed by atoms with Gasteiger partial charge in [0.2, 0.25) is 5.91 Å². The lowest BCUT2D eigenvalue weighted by Gasteiger charge is -2.31. The van der Waals surface area contributed by atoms with Crippen molar-refractivity contribution >= 4 is 34.6 Å². The SMILES string of the molecule is C=CN=CC(=C)/C=C/C(=O)Nc1sc2c(c1C#N)CCC(OC(=O)N1CCC(O)CC1)C2. The quantitative estimate of drug-likeness (QED) is 0.389. The summed E-state index contributed by atoms with van der Waals surface area (Å²) in [5, 5.41) is 22.5. The second kappa shape index (κ2) is 10.9. The summed E-state index contributed by atoms with van der Waals surface area (Å²) in [6.07, 6.45) is 7.58. The highest BCUT2D eigenvalue weighted by atomic mass is 32.1. The topological polar surface area (TPSA) is 115 Å². The summed E-state index contributed by atoms with van der Waals surface area (Å²) in [4.78, 5) is 31.1. The van der Waals surface area contributed by atoms with Crippen LogP contribution in [0.5, 0.6) is 0 Å². The third-order valence-corrected chi connectivity index (χ3v) is 6.52. The van der Waals surface area contributed by atoms with Crippen molar-refractivity contribution in [3.8, 4) is 6.07 Å². The summed E-state index contributed by atoms with van der Waals surface area (Å²) in [5.74, 6) is -0.372. The standard InChI is InChI=1S/C23H26N4O4S/c1-3-25-14-15(2)4-7-21(29)26-22-19(13-24)18-6-5-17(12-20(18)32-22)31-23(30)27-10-8-16(28)9-11-27/h3-4,7,14,16-17,28H,1-2,5-6,8-12H2,(H,26,29)/b7-4+,25-14?. The van der Waals surface area contributed by atoms with Gasteiger partial charge in [-0.25, -0.2) is 4.79 Å². The molecule has 1 aliphatic carbocycles. The zero-order valence-electron chi connectivity index (χ0n) is 17.7. The van der Waals surface area contributed by atoms with Crippen LogP contribution in [0.3, 0.4) is 0 Å². The number of aliphatic hydroxyl groups is 1. The molecule has 1 aromatic heterocycles. The predicted molar refractivity (Wildman–Crippen MR) is 124 cm³/mol. The number of hydrogen-bond acceptors (Lipinski definition) is 7. The summed E-state index contributed by atoms with van der Waals surface area (Å²) in [6, 6.07) is 2.20. The monoisotopic (exact) mass is 454 g/mol. The normalized spacial score (nSPS) is 18.9. The fourth-order valence-corrected chi connectivity index (χ4v) is 4.92. The highest BCUT2D eigenvalue weighted by Gasteiger charge is 2.30. The molecule has 1 aromatic rings. The van der Waals surface area contributed by atoms with Gasteiger partial charge in [0.05, 0.1) is 11.7 Å². The summed E-state index contributed by atoms with van der Waals surface area (Å²) < 4.78 is 5.69. The molecule has 2 amide bonds. The number of aliphatic imine (C=N–C) groups is 1. The molecule has 3 rings (SSSR count). The van der Waals surface area contributed by atoms with Crippen LogP contribution in [0.25, 0.3) is 0 Å². The van der Waals surface area contributed by atoms with Crippen molar-refractivity contribution in [2.75, 3.05) is 18.4 Å². The van der Waals surface area contributed by atoms with Gasteiger partial charge < -0.3 is 20.1 Å². The minimum absolute atomic E-state index is 0.275. The molecule has 8 nitrogen and oxygen atoms in total. The van der Waals surface area contributed by atoms with E-state index < -0.39 is 0 Å². The third kappa shape index (κ3) is 5.93. The van der Waals surface area contributed by atoms with Gasteiger partial charge in [0, 0.05) is 42.9 Å². The molecular formula is C23H26N4O4S. The molecule has 32 heavy (non-hydrogen) atoms. The van der Waals surface area contributed by atoms with Crippen molar-refractivity contribution in [2.24, 2.45) is 4.99 Å². The Morgan fingerprint density at radius 1 is 1.31 bits per heavy atom. The molecule has 0 aromatic carbocycles. The smallest absolute Gasteiger partial charge is 0.410 e. The molecule has 1 aliphatic heterocycles. The van der Waals surface area contributed by atoms with Gasteiger partial charge in [-0.2, -0.15) is 5.26 Å². The van der Waals surface area contributed by atoms with Crippen molar-refractivity contribution in [3.05, 3.63) is 53.1 Å². The van der Waals surface area contributed by atoms with Gasteiger partial charge in [-0.3, -0.25) is 9.79 Å². The van der Waals surface area contributed by atoms with Crippen LogP contribution in [-0.4, -0.2) is 53.5 Å². The van der Waals surface area contributed by atoms with E-state index in [1.807, 2.05) is 0 Å². The van der Waals surface area contributed by atoms with Crippen LogP contribution in [0.4, 0.5) is 9.80 Å². The lowest BCUT2D eigenvalue weighted by atomic mass is 9.94. The number of ether oxygens (including phenoxy) is 1. The van der Waals surface area contributed by atoms with Crippen molar-refractivity contribution in [2.45, 2.75) is 44.3 Å². The average molecular weight is 455 g/mol. The number of piperidine rings is 1. The number of aliphatic hydroxyl groups excluding tert-OH is 1. The van der Waals surface area contributed by atoms with E-state index in [2.05, 4.69) is 29.5 Å². The Kier molecular flexibility index (Phi) is 7.98. The van der Waals surface area contributed by atoms with E-state index in [0.29, 0.717) is 61.3 Å². The Bertz CT molecular complexity index is 996. The fraction of sp³-hybridized carbons (Fsp3) is 0.391. The minimum Gasteiger partial charge on any atom is -0.446 e. The van der Waals surface area contributed by atoms with Crippen LogP contribution >= 0.6 is 11.3 Å². The number of allylic oxidation sites excluding steroid dienone is 2. The number of nitriles is 1. The zero-order valence-corrected chi connectivity index (χ0v) is 18.6.